The van der Waals surface area contributed by atoms with Crippen LogP contribution in [0.2, 0.25) is 0 Å². The number of benzene rings is 2. The summed E-state index contributed by atoms with van der Waals surface area (Å²) >= 11 is 0. The summed E-state index contributed by atoms with van der Waals surface area (Å²) < 4.78 is 87.1. The van der Waals surface area contributed by atoms with Crippen molar-refractivity contribution in [3.8, 4) is 11.5 Å². The highest BCUT2D eigenvalue weighted by atomic mass is 19.4. The number of hydrazone groups is 1. The summed E-state index contributed by atoms with van der Waals surface area (Å²) in [5, 5.41) is 9.89. The maximum absolute atomic E-state index is 12.4. The van der Waals surface area contributed by atoms with Crippen LogP contribution in [0.5, 0.6) is 11.5 Å². The van der Waals surface area contributed by atoms with E-state index in [-0.39, 0.29) is 17.5 Å². The predicted octanol–water partition coefficient (Wildman–Crippen LogP) is 5.39. The van der Waals surface area contributed by atoms with Crippen LogP contribution in [0.1, 0.15) is 19.4 Å². The summed E-state index contributed by atoms with van der Waals surface area (Å²) in [6.07, 6.45) is -5.33. The molecule has 0 saturated heterocycles. The molecule has 0 amide bonds. The first kappa shape index (κ1) is 31.0. The first-order valence-electron chi connectivity index (χ1n) is 11.3. The van der Waals surface area contributed by atoms with Gasteiger partial charge in [0.25, 0.3) is 0 Å². The Morgan fingerprint density at radius 2 is 1.49 bits per heavy atom. The number of alkyl halides is 6. The lowest BCUT2D eigenvalue weighted by atomic mass is 10.2. The van der Waals surface area contributed by atoms with Gasteiger partial charge in [0.05, 0.1) is 12.8 Å². The Morgan fingerprint density at radius 1 is 0.897 bits per heavy atom. The third-order valence-electron chi connectivity index (χ3n) is 4.16. The number of ether oxygens (including phenoxy) is 3. The second-order valence-electron chi connectivity index (χ2n) is 7.19. The van der Waals surface area contributed by atoms with Gasteiger partial charge in [-0.1, -0.05) is 0 Å². The maximum Gasteiger partial charge on any atom is 0.573 e. The van der Waals surface area contributed by atoms with Crippen molar-refractivity contribution in [2.24, 2.45) is 15.1 Å². The van der Waals surface area contributed by atoms with Gasteiger partial charge in [-0.3, -0.25) is 5.43 Å². The van der Waals surface area contributed by atoms with E-state index in [9.17, 15) is 26.3 Å². The van der Waals surface area contributed by atoms with Crippen molar-refractivity contribution >= 4 is 24.1 Å². The van der Waals surface area contributed by atoms with Gasteiger partial charge in [-0.15, -0.1) is 26.3 Å². The second kappa shape index (κ2) is 15.2. The zero-order valence-corrected chi connectivity index (χ0v) is 20.8. The maximum atomic E-state index is 12.4. The van der Waals surface area contributed by atoms with Crippen LogP contribution in [0.4, 0.5) is 32.0 Å². The van der Waals surface area contributed by atoms with Crippen molar-refractivity contribution in [2.45, 2.75) is 26.6 Å². The molecule has 212 valence electrons. The average Bonchev–Trinajstić information content (AvgIpc) is 2.84. The van der Waals surface area contributed by atoms with Crippen molar-refractivity contribution < 1.29 is 40.6 Å². The molecular formula is C24H26F6N6O3. The highest BCUT2D eigenvalue weighted by Crippen LogP contribution is 2.24. The standard InChI is InChI=1S/C24H26F6N6O3/c1-3-32-22(34-18-7-11-20(12-8-18)39-24(28,29)30)35-21(16-31-13-14-37-4-2)36-33-15-17-5-9-19(10-6-17)38-23(25,26)27/h3,5-12,15-16,31,36H,4,13-14H2,1-2H3,(H,34,35)/b21-16+,32-3-,33-15+. The number of nitrogens with zero attached hydrogens (tertiary/aromatic N) is 3. The number of hydrogen-bond donors (Lipinski definition) is 3. The lowest BCUT2D eigenvalue weighted by Crippen LogP contribution is -2.19. The number of nitrogens with one attached hydrogen (secondary N) is 3. The van der Waals surface area contributed by atoms with E-state index in [2.05, 4.69) is 40.6 Å². The lowest BCUT2D eigenvalue weighted by molar-refractivity contribution is -0.275. The minimum atomic E-state index is -4.81. The molecule has 0 aliphatic carbocycles. The van der Waals surface area contributed by atoms with Gasteiger partial charge < -0.3 is 24.8 Å². The molecule has 9 nitrogen and oxygen atoms in total. The Morgan fingerprint density at radius 3 is 2.03 bits per heavy atom. The minimum Gasteiger partial charge on any atom is -0.406 e. The molecule has 0 unspecified atom stereocenters. The fourth-order valence-electron chi connectivity index (χ4n) is 2.66. The Balaban J connectivity index is 2.16. The van der Waals surface area contributed by atoms with Gasteiger partial charge in [0.2, 0.25) is 5.96 Å². The fraction of sp³-hybridized carbons (Fsp3) is 0.292. The van der Waals surface area contributed by atoms with E-state index in [1.807, 2.05) is 6.92 Å². The molecule has 2 aromatic rings. The van der Waals surface area contributed by atoms with E-state index in [1.54, 1.807) is 6.92 Å². The van der Waals surface area contributed by atoms with E-state index >= 15 is 0 Å². The van der Waals surface area contributed by atoms with Gasteiger partial charge in [0, 0.05) is 31.3 Å². The van der Waals surface area contributed by atoms with Crippen LogP contribution in [0, 0.1) is 0 Å². The highest BCUT2D eigenvalue weighted by Gasteiger charge is 2.31. The molecule has 0 heterocycles. The average molecular weight is 560 g/mol. The Bertz CT molecular complexity index is 1130. The van der Waals surface area contributed by atoms with E-state index in [4.69, 9.17) is 4.74 Å². The number of rotatable bonds is 12. The summed E-state index contributed by atoms with van der Waals surface area (Å²) in [7, 11) is 0. The molecule has 0 radical (unpaired) electrons. The summed E-state index contributed by atoms with van der Waals surface area (Å²) in [4.78, 5) is 8.45. The summed E-state index contributed by atoms with van der Waals surface area (Å²) in [5.74, 6) is -0.526. The number of guanidine groups is 1. The molecule has 0 bridgehead atoms. The lowest BCUT2D eigenvalue weighted by Gasteiger charge is -2.11. The molecule has 0 aliphatic rings. The molecule has 0 aliphatic heterocycles. The SMILES string of the molecule is C\C=N/C(=N\C(=C/NCCOCC)N/N=C/c1ccc(OC(F)(F)F)cc1)Nc1ccc(OC(F)(F)F)cc1. The number of anilines is 1. The first-order valence-corrected chi connectivity index (χ1v) is 11.3. The molecule has 15 heteroatoms. The van der Waals surface area contributed by atoms with Crippen LogP contribution >= 0.6 is 0 Å². The third kappa shape index (κ3) is 13.7. The molecule has 0 fully saturated rings. The van der Waals surface area contributed by atoms with E-state index < -0.39 is 18.5 Å². The quantitative estimate of drug-likeness (QED) is 0.106. The molecule has 2 aromatic carbocycles. The smallest absolute Gasteiger partial charge is 0.406 e. The van der Waals surface area contributed by atoms with E-state index in [1.165, 1.54) is 42.9 Å². The summed E-state index contributed by atoms with van der Waals surface area (Å²) in [6.45, 7) is 4.90. The molecule has 0 saturated carbocycles. The highest BCUT2D eigenvalue weighted by molar-refractivity contribution is 5.98. The fourth-order valence-corrected chi connectivity index (χ4v) is 2.66. The largest absolute Gasteiger partial charge is 0.573 e. The van der Waals surface area contributed by atoms with Gasteiger partial charge in [-0.2, -0.15) is 10.1 Å². The summed E-state index contributed by atoms with van der Waals surface area (Å²) in [6, 6.07) is 9.99. The molecule has 0 atom stereocenters. The van der Waals surface area contributed by atoms with Gasteiger partial charge >= 0.3 is 12.7 Å². The van der Waals surface area contributed by atoms with Gasteiger partial charge in [-0.25, -0.2) is 4.99 Å². The number of aliphatic imine (C=N–C) groups is 2. The Hall–Kier alpha value is -4.27. The third-order valence-corrected chi connectivity index (χ3v) is 4.16. The first-order chi connectivity index (χ1) is 18.5. The van der Waals surface area contributed by atoms with Gasteiger partial charge in [0.15, 0.2) is 5.82 Å². The van der Waals surface area contributed by atoms with Gasteiger partial charge in [0.1, 0.15) is 11.5 Å². The molecule has 39 heavy (non-hydrogen) atoms. The van der Waals surface area contributed by atoms with E-state index in [0.29, 0.717) is 31.0 Å². The summed E-state index contributed by atoms with van der Waals surface area (Å²) in [5.41, 5.74) is 3.54. The zero-order chi connectivity index (χ0) is 28.7. The van der Waals surface area contributed by atoms with Crippen molar-refractivity contribution in [2.75, 3.05) is 25.1 Å². The Kier molecular flexibility index (Phi) is 12.1. The van der Waals surface area contributed by atoms with Gasteiger partial charge in [-0.05, 0) is 67.9 Å². The minimum absolute atomic E-state index is 0.0659. The van der Waals surface area contributed by atoms with E-state index in [0.717, 1.165) is 24.3 Å². The Labute approximate surface area is 220 Å². The molecule has 0 aromatic heterocycles. The van der Waals surface area contributed by atoms with Crippen molar-refractivity contribution in [3.63, 3.8) is 0 Å². The van der Waals surface area contributed by atoms with Crippen molar-refractivity contribution in [1.82, 2.24) is 10.7 Å². The number of hydrogen-bond acceptors (Lipinski definition) is 7. The second-order valence-corrected chi connectivity index (χ2v) is 7.19. The normalized spacial score (nSPS) is 13.1. The molecular weight excluding hydrogens is 534 g/mol. The van der Waals surface area contributed by atoms with Crippen molar-refractivity contribution in [3.05, 3.63) is 66.1 Å². The van der Waals surface area contributed by atoms with Crippen LogP contribution in [-0.2, 0) is 4.74 Å². The van der Waals surface area contributed by atoms with Crippen LogP contribution in [-0.4, -0.2) is 50.9 Å². The van der Waals surface area contributed by atoms with Crippen molar-refractivity contribution in [1.29, 1.82) is 0 Å². The van der Waals surface area contributed by atoms with Crippen LogP contribution in [0.15, 0.2) is 75.6 Å². The molecule has 0 spiro atoms. The van der Waals surface area contributed by atoms with Crippen LogP contribution in [0.3, 0.4) is 0 Å². The van der Waals surface area contributed by atoms with Crippen LogP contribution < -0.4 is 25.5 Å². The topological polar surface area (TPSA) is 101 Å². The zero-order valence-electron chi connectivity index (χ0n) is 20.8. The molecule has 3 N–H and O–H groups in total. The van der Waals surface area contributed by atoms with Crippen LogP contribution in [0.25, 0.3) is 0 Å². The predicted molar refractivity (Wildman–Crippen MR) is 135 cm³/mol. The monoisotopic (exact) mass is 560 g/mol. The number of halogens is 6. The molecule has 2 rings (SSSR count).